The minimum atomic E-state index is -0.0872. The van der Waals surface area contributed by atoms with Crippen molar-refractivity contribution in [3.05, 3.63) is 34.7 Å². The molecule has 0 saturated carbocycles. The maximum atomic E-state index is 11.0. The van der Waals surface area contributed by atoms with E-state index < -0.39 is 0 Å². The van der Waals surface area contributed by atoms with Crippen molar-refractivity contribution in [1.29, 1.82) is 0 Å². The van der Waals surface area contributed by atoms with Gasteiger partial charge in [-0.05, 0) is 35.0 Å². The number of rotatable bonds is 2. The zero-order valence-corrected chi connectivity index (χ0v) is 11.1. The van der Waals surface area contributed by atoms with Crippen molar-refractivity contribution < 1.29 is 4.79 Å². The van der Waals surface area contributed by atoms with Crippen LogP contribution in [-0.2, 0) is 4.79 Å². The third-order valence-corrected chi connectivity index (χ3v) is 2.95. The molecule has 1 heterocycles. The Labute approximate surface area is 108 Å². The highest BCUT2D eigenvalue weighted by Crippen LogP contribution is 2.28. The fourth-order valence-corrected chi connectivity index (χ4v) is 2.02. The molecule has 17 heavy (non-hydrogen) atoms. The third-order valence-electron chi connectivity index (χ3n) is 2.29. The lowest BCUT2D eigenvalue weighted by molar-refractivity contribution is -0.114. The molecule has 0 aliphatic heterocycles. The van der Waals surface area contributed by atoms with Gasteiger partial charge in [0.1, 0.15) is 5.82 Å². The van der Waals surface area contributed by atoms with Crippen molar-refractivity contribution in [3.63, 3.8) is 0 Å². The largest absolute Gasteiger partial charge is 0.342 e. The van der Waals surface area contributed by atoms with E-state index in [9.17, 15) is 4.79 Å². The molecule has 2 aromatic rings. The molecule has 0 atom stereocenters. The number of nitrogens with one attached hydrogen (secondary N) is 2. The number of nitrogens with zero attached hydrogens (tertiary/aromatic N) is 1. The Morgan fingerprint density at radius 3 is 2.76 bits per heavy atom. The van der Waals surface area contributed by atoms with Crippen molar-refractivity contribution in [1.82, 2.24) is 9.97 Å². The van der Waals surface area contributed by atoms with E-state index in [1.54, 1.807) is 6.20 Å². The number of carbonyl (C=O) groups excluding carboxylic acids is 1. The van der Waals surface area contributed by atoms with Crippen LogP contribution in [0.15, 0.2) is 28.9 Å². The van der Waals surface area contributed by atoms with E-state index in [-0.39, 0.29) is 5.91 Å². The molecule has 0 aliphatic rings. The fourth-order valence-electron chi connectivity index (χ4n) is 1.54. The predicted molar refractivity (Wildman–Crippen MR) is 70.8 cm³/mol. The Bertz CT molecular complexity index is 563. The highest BCUT2D eigenvalue weighted by Gasteiger charge is 2.06. The number of aromatic nitrogens is 2. The molecule has 2 N–H and O–H groups in total. The lowest BCUT2D eigenvalue weighted by atomic mass is 10.1. The quantitative estimate of drug-likeness (QED) is 0.894. The number of aromatic amines is 1. The van der Waals surface area contributed by atoms with Crippen LogP contribution in [0.2, 0.25) is 0 Å². The molecule has 0 aliphatic carbocycles. The highest BCUT2D eigenvalue weighted by atomic mass is 79.9. The van der Waals surface area contributed by atoms with Gasteiger partial charge in [0.05, 0.1) is 17.6 Å². The van der Waals surface area contributed by atoms with E-state index in [0.717, 1.165) is 27.2 Å². The third kappa shape index (κ3) is 2.74. The average molecular weight is 294 g/mol. The number of halogens is 1. The maximum Gasteiger partial charge on any atom is 0.221 e. The molecule has 0 unspecified atom stereocenters. The first-order valence-electron chi connectivity index (χ1n) is 5.15. The van der Waals surface area contributed by atoms with Crippen LogP contribution in [0.4, 0.5) is 5.69 Å². The van der Waals surface area contributed by atoms with Crippen LogP contribution in [0.25, 0.3) is 11.3 Å². The molecule has 0 spiro atoms. The van der Waals surface area contributed by atoms with Crippen LogP contribution in [0.3, 0.4) is 0 Å². The summed E-state index contributed by atoms with van der Waals surface area (Å²) in [6.07, 6.45) is 1.79. The van der Waals surface area contributed by atoms with Gasteiger partial charge >= 0.3 is 0 Å². The number of benzene rings is 1. The second-order valence-corrected chi connectivity index (χ2v) is 4.61. The molecule has 0 radical (unpaired) electrons. The van der Waals surface area contributed by atoms with E-state index >= 15 is 0 Å². The molecular weight excluding hydrogens is 282 g/mol. The Hall–Kier alpha value is -1.62. The summed E-state index contributed by atoms with van der Waals surface area (Å²) in [4.78, 5) is 18.3. The summed E-state index contributed by atoms with van der Waals surface area (Å²) in [6.45, 7) is 3.39. The molecule has 1 aromatic carbocycles. The monoisotopic (exact) mass is 293 g/mol. The molecular formula is C12H12BrN3O. The van der Waals surface area contributed by atoms with Gasteiger partial charge < -0.3 is 10.3 Å². The number of carbonyl (C=O) groups is 1. The van der Waals surface area contributed by atoms with Gasteiger partial charge in [-0.15, -0.1) is 0 Å². The van der Waals surface area contributed by atoms with Gasteiger partial charge in [0.15, 0.2) is 0 Å². The zero-order valence-electron chi connectivity index (χ0n) is 9.54. The van der Waals surface area contributed by atoms with E-state index in [1.165, 1.54) is 6.92 Å². The summed E-state index contributed by atoms with van der Waals surface area (Å²) in [5.41, 5.74) is 2.74. The predicted octanol–water partition coefficient (Wildman–Crippen LogP) is 3.11. The summed E-state index contributed by atoms with van der Waals surface area (Å²) in [5.74, 6) is 0.790. The van der Waals surface area contributed by atoms with E-state index in [1.807, 2.05) is 25.1 Å². The molecule has 5 heteroatoms. The first kappa shape index (κ1) is 11.9. The van der Waals surface area contributed by atoms with Crippen LogP contribution in [0, 0.1) is 6.92 Å². The molecule has 0 bridgehead atoms. The summed E-state index contributed by atoms with van der Waals surface area (Å²) in [7, 11) is 0. The van der Waals surface area contributed by atoms with Gasteiger partial charge in [-0.1, -0.05) is 6.07 Å². The Balaban J connectivity index is 2.33. The Morgan fingerprint density at radius 2 is 2.24 bits per heavy atom. The smallest absolute Gasteiger partial charge is 0.221 e. The maximum absolute atomic E-state index is 11.0. The SMILES string of the molecule is CC(=O)Nc1ccc(-c2cnc(C)[nH]2)cc1Br. The molecule has 1 aromatic heterocycles. The van der Waals surface area contributed by atoms with Crippen LogP contribution in [0.1, 0.15) is 12.7 Å². The first-order valence-corrected chi connectivity index (χ1v) is 5.94. The average Bonchev–Trinajstić information content (AvgIpc) is 2.67. The van der Waals surface area contributed by atoms with Crippen molar-refractivity contribution in [2.75, 3.05) is 5.32 Å². The number of H-pyrrole nitrogens is 1. The van der Waals surface area contributed by atoms with Gasteiger partial charge in [-0.25, -0.2) is 4.98 Å². The Kier molecular flexibility index (Phi) is 3.28. The van der Waals surface area contributed by atoms with Gasteiger partial charge in [0, 0.05) is 17.0 Å². The van der Waals surface area contributed by atoms with Gasteiger partial charge in [-0.3, -0.25) is 4.79 Å². The fraction of sp³-hybridized carbons (Fsp3) is 0.167. The van der Waals surface area contributed by atoms with E-state index in [4.69, 9.17) is 0 Å². The van der Waals surface area contributed by atoms with E-state index in [2.05, 4.69) is 31.2 Å². The number of anilines is 1. The summed E-state index contributed by atoms with van der Waals surface area (Å²) < 4.78 is 0.845. The standard InChI is InChI=1S/C12H12BrN3O/c1-7-14-6-12(15-7)9-3-4-11(10(13)5-9)16-8(2)17/h3-6H,1-2H3,(H,14,15)(H,16,17). The van der Waals surface area contributed by atoms with E-state index in [0.29, 0.717) is 0 Å². The molecule has 1 amide bonds. The van der Waals surface area contributed by atoms with Crippen LogP contribution in [-0.4, -0.2) is 15.9 Å². The van der Waals surface area contributed by atoms with Crippen LogP contribution >= 0.6 is 15.9 Å². The van der Waals surface area contributed by atoms with Crippen molar-refractivity contribution in [3.8, 4) is 11.3 Å². The zero-order chi connectivity index (χ0) is 12.4. The van der Waals surface area contributed by atoms with Gasteiger partial charge in [-0.2, -0.15) is 0 Å². The normalized spacial score (nSPS) is 10.3. The second kappa shape index (κ2) is 4.71. The molecule has 4 nitrogen and oxygen atoms in total. The minimum absolute atomic E-state index is 0.0872. The lowest BCUT2D eigenvalue weighted by Gasteiger charge is -2.06. The number of aryl methyl sites for hydroxylation is 1. The number of hydrogen-bond donors (Lipinski definition) is 2. The Morgan fingerprint density at radius 1 is 1.47 bits per heavy atom. The topological polar surface area (TPSA) is 57.8 Å². The second-order valence-electron chi connectivity index (χ2n) is 3.76. The minimum Gasteiger partial charge on any atom is -0.342 e. The molecule has 2 rings (SSSR count). The molecule has 88 valence electrons. The number of hydrogen-bond acceptors (Lipinski definition) is 2. The molecule has 0 saturated heterocycles. The highest BCUT2D eigenvalue weighted by molar-refractivity contribution is 9.10. The molecule has 0 fully saturated rings. The van der Waals surface area contributed by atoms with Crippen molar-refractivity contribution in [2.24, 2.45) is 0 Å². The van der Waals surface area contributed by atoms with Crippen LogP contribution < -0.4 is 5.32 Å². The number of imidazole rings is 1. The van der Waals surface area contributed by atoms with Gasteiger partial charge in [0.2, 0.25) is 5.91 Å². The lowest BCUT2D eigenvalue weighted by Crippen LogP contribution is -2.06. The number of amides is 1. The van der Waals surface area contributed by atoms with Gasteiger partial charge in [0.25, 0.3) is 0 Å². The van der Waals surface area contributed by atoms with Crippen molar-refractivity contribution >= 4 is 27.5 Å². The van der Waals surface area contributed by atoms with Crippen LogP contribution in [0.5, 0.6) is 0 Å². The first-order chi connectivity index (χ1) is 8.06. The van der Waals surface area contributed by atoms with Crippen molar-refractivity contribution in [2.45, 2.75) is 13.8 Å². The summed E-state index contributed by atoms with van der Waals surface area (Å²) in [5, 5.41) is 2.75. The summed E-state index contributed by atoms with van der Waals surface area (Å²) >= 11 is 3.43. The summed E-state index contributed by atoms with van der Waals surface area (Å²) in [6, 6.07) is 5.73.